The van der Waals surface area contributed by atoms with Crippen LogP contribution in [0.3, 0.4) is 0 Å². The molecule has 5 nitrogen and oxygen atoms in total. The minimum Gasteiger partial charge on any atom is -0.508 e. The first-order valence-corrected chi connectivity index (χ1v) is 8.44. The summed E-state index contributed by atoms with van der Waals surface area (Å²) in [6, 6.07) is 16.7. The summed E-state index contributed by atoms with van der Waals surface area (Å²) >= 11 is 0. The zero-order valence-corrected chi connectivity index (χ0v) is 13.9. The number of rotatable bonds is 4. The molecule has 3 aromatic rings. The van der Waals surface area contributed by atoms with Crippen LogP contribution < -0.4 is 0 Å². The Labute approximate surface area is 145 Å². The van der Waals surface area contributed by atoms with Gasteiger partial charge in [-0.15, -0.1) is 0 Å². The van der Waals surface area contributed by atoms with Gasteiger partial charge in [0.25, 0.3) is 5.91 Å². The third kappa shape index (κ3) is 2.48. The molecule has 1 aliphatic heterocycles. The zero-order chi connectivity index (χ0) is 17.4. The van der Waals surface area contributed by atoms with Gasteiger partial charge >= 0.3 is 0 Å². The van der Waals surface area contributed by atoms with Crippen molar-refractivity contribution >= 4 is 5.91 Å². The van der Waals surface area contributed by atoms with Gasteiger partial charge in [0, 0.05) is 17.7 Å². The Bertz CT molecular complexity index is 900. The molecule has 0 aliphatic carbocycles. The molecule has 0 spiro atoms. The number of benzene rings is 2. The molecular weight excluding hydrogens is 314 g/mol. The lowest BCUT2D eigenvalue weighted by Gasteiger charge is -2.26. The summed E-state index contributed by atoms with van der Waals surface area (Å²) in [6.07, 6.45) is 0.874. The Kier molecular flexibility index (Phi) is 3.76. The van der Waals surface area contributed by atoms with Crippen molar-refractivity contribution in [3.8, 4) is 17.0 Å². The van der Waals surface area contributed by atoms with Crippen LogP contribution in [0.25, 0.3) is 11.3 Å². The van der Waals surface area contributed by atoms with E-state index in [1.165, 1.54) is 0 Å². The molecule has 25 heavy (non-hydrogen) atoms. The normalized spacial score (nSPS) is 16.3. The molecule has 1 aromatic heterocycles. The molecule has 126 valence electrons. The number of nitrogens with zero attached hydrogens (tertiary/aromatic N) is 2. The third-order valence-corrected chi connectivity index (χ3v) is 4.58. The maximum absolute atomic E-state index is 12.9. The molecule has 1 aliphatic rings. The van der Waals surface area contributed by atoms with Crippen molar-refractivity contribution in [1.82, 2.24) is 15.1 Å². The second kappa shape index (κ2) is 6.09. The number of phenolic OH excluding ortho intramolecular Hbond substituents is 1. The number of aromatic amines is 1. The molecule has 1 atom stereocenters. The van der Waals surface area contributed by atoms with Crippen molar-refractivity contribution in [3.63, 3.8) is 0 Å². The van der Waals surface area contributed by atoms with E-state index >= 15 is 0 Å². The van der Waals surface area contributed by atoms with Crippen LogP contribution in [0.5, 0.6) is 5.75 Å². The molecule has 1 unspecified atom stereocenters. The van der Waals surface area contributed by atoms with E-state index in [2.05, 4.69) is 17.1 Å². The second-order valence-corrected chi connectivity index (χ2v) is 6.22. The number of aromatic hydroxyl groups is 1. The average molecular weight is 333 g/mol. The van der Waals surface area contributed by atoms with Crippen molar-refractivity contribution < 1.29 is 9.90 Å². The van der Waals surface area contributed by atoms with E-state index in [1.807, 2.05) is 47.4 Å². The lowest BCUT2D eigenvalue weighted by Crippen LogP contribution is -2.30. The SMILES string of the molecule is CCCN1C(=O)c2[nH]nc(-c3ccccc3)c2C1c1ccc(O)cc1. The highest BCUT2D eigenvalue weighted by atomic mass is 16.3. The zero-order valence-electron chi connectivity index (χ0n) is 13.9. The van der Waals surface area contributed by atoms with Gasteiger partial charge in [0.15, 0.2) is 0 Å². The number of carbonyl (C=O) groups excluding carboxylic acids is 1. The molecule has 5 heteroatoms. The number of carbonyl (C=O) groups is 1. The summed E-state index contributed by atoms with van der Waals surface area (Å²) in [4.78, 5) is 14.8. The van der Waals surface area contributed by atoms with Gasteiger partial charge in [0.1, 0.15) is 11.4 Å². The van der Waals surface area contributed by atoms with Crippen molar-refractivity contribution in [3.05, 3.63) is 71.4 Å². The number of nitrogens with one attached hydrogen (secondary N) is 1. The molecule has 0 saturated carbocycles. The number of phenols is 1. The van der Waals surface area contributed by atoms with Crippen molar-refractivity contribution in [1.29, 1.82) is 0 Å². The average Bonchev–Trinajstić information content (AvgIpc) is 3.17. The van der Waals surface area contributed by atoms with E-state index in [1.54, 1.807) is 12.1 Å². The van der Waals surface area contributed by atoms with Gasteiger partial charge in [-0.3, -0.25) is 9.89 Å². The molecule has 2 heterocycles. The lowest BCUT2D eigenvalue weighted by atomic mass is 9.96. The smallest absolute Gasteiger partial charge is 0.273 e. The van der Waals surface area contributed by atoms with Gasteiger partial charge in [-0.1, -0.05) is 49.4 Å². The Morgan fingerprint density at radius 3 is 2.52 bits per heavy atom. The number of H-pyrrole nitrogens is 1. The molecule has 0 radical (unpaired) electrons. The van der Waals surface area contributed by atoms with Crippen LogP contribution in [0.1, 0.15) is 41.0 Å². The topological polar surface area (TPSA) is 69.2 Å². The van der Waals surface area contributed by atoms with E-state index in [0.29, 0.717) is 12.2 Å². The van der Waals surface area contributed by atoms with Crippen molar-refractivity contribution in [2.75, 3.05) is 6.54 Å². The number of amides is 1. The molecule has 4 rings (SSSR count). The summed E-state index contributed by atoms with van der Waals surface area (Å²) < 4.78 is 0. The van der Waals surface area contributed by atoms with E-state index in [0.717, 1.165) is 28.8 Å². The van der Waals surface area contributed by atoms with Crippen LogP contribution in [0, 0.1) is 0 Å². The monoisotopic (exact) mass is 333 g/mol. The Hall–Kier alpha value is -3.08. The summed E-state index contributed by atoms with van der Waals surface area (Å²) in [5.41, 5.74) is 4.23. The second-order valence-electron chi connectivity index (χ2n) is 6.22. The molecule has 0 fully saturated rings. The fourth-order valence-corrected chi connectivity index (χ4v) is 3.49. The quantitative estimate of drug-likeness (QED) is 0.764. The fourth-order valence-electron chi connectivity index (χ4n) is 3.49. The van der Waals surface area contributed by atoms with E-state index in [4.69, 9.17) is 0 Å². The first-order chi connectivity index (χ1) is 12.2. The minimum atomic E-state index is -0.197. The minimum absolute atomic E-state index is 0.0235. The van der Waals surface area contributed by atoms with Crippen LogP contribution in [0.15, 0.2) is 54.6 Å². The number of hydrogen-bond acceptors (Lipinski definition) is 3. The highest BCUT2D eigenvalue weighted by Gasteiger charge is 2.41. The number of hydrogen-bond donors (Lipinski definition) is 2. The number of fused-ring (bicyclic) bond motifs is 1. The van der Waals surface area contributed by atoms with Gasteiger partial charge in [0.2, 0.25) is 0 Å². The highest BCUT2D eigenvalue weighted by molar-refractivity contribution is 6.00. The standard InChI is InChI=1S/C20H19N3O2/c1-2-12-23-19(14-8-10-15(24)11-9-14)16-17(13-6-4-3-5-7-13)21-22-18(16)20(23)25/h3-11,19,24H,2,12H2,1H3,(H,21,22). The molecule has 1 amide bonds. The lowest BCUT2D eigenvalue weighted by molar-refractivity contribution is 0.0744. The number of aromatic nitrogens is 2. The van der Waals surface area contributed by atoms with Gasteiger partial charge in [0.05, 0.1) is 11.7 Å². The summed E-state index contributed by atoms with van der Waals surface area (Å²) in [7, 11) is 0. The first-order valence-electron chi connectivity index (χ1n) is 8.44. The summed E-state index contributed by atoms with van der Waals surface area (Å²) in [5.74, 6) is 0.190. The Morgan fingerprint density at radius 1 is 1.12 bits per heavy atom. The van der Waals surface area contributed by atoms with E-state index in [9.17, 15) is 9.90 Å². The van der Waals surface area contributed by atoms with Gasteiger partial charge < -0.3 is 10.0 Å². The molecule has 2 aromatic carbocycles. The van der Waals surface area contributed by atoms with Crippen molar-refractivity contribution in [2.45, 2.75) is 19.4 Å². The predicted octanol–water partition coefficient (Wildman–Crippen LogP) is 3.74. The third-order valence-electron chi connectivity index (χ3n) is 4.58. The van der Waals surface area contributed by atoms with E-state index < -0.39 is 0 Å². The first kappa shape index (κ1) is 15.4. The van der Waals surface area contributed by atoms with Gasteiger partial charge in [-0.2, -0.15) is 5.10 Å². The maximum Gasteiger partial charge on any atom is 0.273 e. The Balaban J connectivity index is 1.89. The predicted molar refractivity (Wildman–Crippen MR) is 95.3 cm³/mol. The van der Waals surface area contributed by atoms with Crippen LogP contribution in [-0.2, 0) is 0 Å². The summed E-state index contributed by atoms with van der Waals surface area (Å²) in [6.45, 7) is 2.73. The van der Waals surface area contributed by atoms with Gasteiger partial charge in [-0.25, -0.2) is 0 Å². The molecule has 0 saturated heterocycles. The van der Waals surface area contributed by atoms with E-state index in [-0.39, 0.29) is 17.7 Å². The van der Waals surface area contributed by atoms with Crippen molar-refractivity contribution in [2.24, 2.45) is 0 Å². The van der Waals surface area contributed by atoms with Crippen LogP contribution in [0.4, 0.5) is 0 Å². The fraction of sp³-hybridized carbons (Fsp3) is 0.200. The highest BCUT2D eigenvalue weighted by Crippen LogP contribution is 2.42. The van der Waals surface area contributed by atoms with Crippen LogP contribution in [0.2, 0.25) is 0 Å². The maximum atomic E-state index is 12.9. The molecule has 2 N–H and O–H groups in total. The molecule has 0 bridgehead atoms. The Morgan fingerprint density at radius 2 is 1.84 bits per heavy atom. The van der Waals surface area contributed by atoms with Gasteiger partial charge in [-0.05, 0) is 24.1 Å². The van der Waals surface area contributed by atoms with Crippen LogP contribution in [-0.4, -0.2) is 32.7 Å². The van der Waals surface area contributed by atoms with Crippen LogP contribution >= 0.6 is 0 Å². The largest absolute Gasteiger partial charge is 0.508 e. The summed E-state index contributed by atoms with van der Waals surface area (Å²) in [5, 5.41) is 17.0. The molecular formula is C20H19N3O2.